The molecule has 1 amide bonds. The summed E-state index contributed by atoms with van der Waals surface area (Å²) in [5.74, 6) is 0.410. The first-order valence-corrected chi connectivity index (χ1v) is 4.49. The first-order chi connectivity index (χ1) is 6.20. The summed E-state index contributed by atoms with van der Waals surface area (Å²) in [4.78, 5) is 10.7. The van der Waals surface area contributed by atoms with E-state index in [-0.39, 0.29) is 5.91 Å². The Bertz CT molecular complexity index is 269. The first-order valence-electron chi connectivity index (χ1n) is 4.49. The molecule has 0 aromatic heterocycles. The van der Waals surface area contributed by atoms with Gasteiger partial charge in [-0.2, -0.15) is 0 Å². The largest absolute Gasteiger partial charge is 0.356 e. The highest BCUT2D eigenvalue weighted by Gasteiger charge is 2.04. The molecule has 1 aromatic carbocycles. The van der Waals surface area contributed by atoms with E-state index in [1.165, 1.54) is 12.5 Å². The number of nitrogens with one attached hydrogen (secondary N) is 1. The molecule has 1 N–H and O–H groups in total. The number of amides is 1. The summed E-state index contributed by atoms with van der Waals surface area (Å²) in [6, 6.07) is 10.2. The van der Waals surface area contributed by atoms with Crippen molar-refractivity contribution in [2.45, 2.75) is 19.8 Å². The maximum Gasteiger partial charge on any atom is 0.216 e. The molecule has 1 rings (SSSR count). The fraction of sp³-hybridized carbons (Fsp3) is 0.364. The van der Waals surface area contributed by atoms with Crippen molar-refractivity contribution < 1.29 is 4.79 Å². The lowest BCUT2D eigenvalue weighted by molar-refractivity contribution is -0.119. The quantitative estimate of drug-likeness (QED) is 0.751. The van der Waals surface area contributed by atoms with Gasteiger partial charge >= 0.3 is 0 Å². The van der Waals surface area contributed by atoms with Crippen molar-refractivity contribution in [2.24, 2.45) is 0 Å². The smallest absolute Gasteiger partial charge is 0.216 e. The van der Waals surface area contributed by atoms with Gasteiger partial charge in [-0.3, -0.25) is 4.79 Å². The van der Waals surface area contributed by atoms with Gasteiger partial charge in [0.1, 0.15) is 0 Å². The Kier molecular flexibility index (Phi) is 3.50. The lowest BCUT2D eigenvalue weighted by Gasteiger charge is -2.11. The molecule has 0 spiro atoms. The predicted molar refractivity (Wildman–Crippen MR) is 53.5 cm³/mol. The van der Waals surface area contributed by atoms with Crippen LogP contribution in [0.5, 0.6) is 0 Å². The average molecular weight is 177 g/mol. The van der Waals surface area contributed by atoms with Gasteiger partial charge in [0.25, 0.3) is 0 Å². The van der Waals surface area contributed by atoms with Crippen LogP contribution in [-0.2, 0) is 4.79 Å². The van der Waals surface area contributed by atoms with Gasteiger partial charge in [0.05, 0.1) is 0 Å². The maximum atomic E-state index is 10.7. The zero-order valence-electron chi connectivity index (χ0n) is 8.08. The summed E-state index contributed by atoms with van der Waals surface area (Å²) in [5.41, 5.74) is 1.26. The molecule has 0 aliphatic heterocycles. The van der Waals surface area contributed by atoms with E-state index in [9.17, 15) is 4.79 Å². The van der Waals surface area contributed by atoms with Gasteiger partial charge in [-0.05, 0) is 11.5 Å². The number of carbonyl (C=O) groups is 1. The highest BCUT2D eigenvalue weighted by Crippen LogP contribution is 2.12. The van der Waals surface area contributed by atoms with Crippen LogP contribution >= 0.6 is 0 Å². The number of carbonyl (C=O) groups excluding carboxylic acids is 1. The van der Waals surface area contributed by atoms with Crippen molar-refractivity contribution in [1.82, 2.24) is 5.32 Å². The SMILES string of the molecule is CC(=O)NC[C@@H](C)c1ccccc1. The molecule has 2 nitrogen and oxygen atoms in total. The zero-order valence-corrected chi connectivity index (χ0v) is 8.08. The molecular weight excluding hydrogens is 162 g/mol. The number of hydrogen-bond donors (Lipinski definition) is 1. The Morgan fingerprint density at radius 1 is 1.38 bits per heavy atom. The summed E-state index contributed by atoms with van der Waals surface area (Å²) in [6.45, 7) is 4.35. The van der Waals surface area contributed by atoms with Gasteiger partial charge in [-0.15, -0.1) is 0 Å². The van der Waals surface area contributed by atoms with Crippen LogP contribution in [0.25, 0.3) is 0 Å². The molecule has 2 heteroatoms. The molecule has 70 valence electrons. The van der Waals surface area contributed by atoms with E-state index < -0.39 is 0 Å². The molecule has 1 atom stereocenters. The van der Waals surface area contributed by atoms with Crippen LogP contribution in [0.2, 0.25) is 0 Å². The summed E-state index contributed by atoms with van der Waals surface area (Å²) in [5, 5.41) is 2.80. The monoisotopic (exact) mass is 177 g/mol. The van der Waals surface area contributed by atoms with Crippen LogP contribution in [0.3, 0.4) is 0 Å². The fourth-order valence-electron chi connectivity index (χ4n) is 1.20. The number of hydrogen-bond acceptors (Lipinski definition) is 1. The standard InChI is InChI=1S/C11H15NO/c1-9(8-12-10(2)13)11-6-4-3-5-7-11/h3-7,9H,8H2,1-2H3,(H,12,13)/t9-/m1/s1. The molecule has 0 aliphatic rings. The Balaban J connectivity index is 2.49. The van der Waals surface area contributed by atoms with Crippen molar-refractivity contribution in [3.8, 4) is 0 Å². The number of rotatable bonds is 3. The third-order valence-electron chi connectivity index (χ3n) is 2.03. The van der Waals surface area contributed by atoms with Gasteiger partial charge in [-0.1, -0.05) is 37.3 Å². The second kappa shape index (κ2) is 4.65. The van der Waals surface area contributed by atoms with Crippen LogP contribution in [0.1, 0.15) is 25.3 Å². The van der Waals surface area contributed by atoms with Gasteiger partial charge in [0.2, 0.25) is 5.91 Å². The molecule has 0 aliphatic carbocycles. The normalized spacial score (nSPS) is 12.2. The van der Waals surface area contributed by atoms with E-state index >= 15 is 0 Å². The maximum absolute atomic E-state index is 10.7. The molecule has 0 fully saturated rings. The molecule has 0 radical (unpaired) electrons. The van der Waals surface area contributed by atoms with Gasteiger partial charge in [0.15, 0.2) is 0 Å². The lowest BCUT2D eigenvalue weighted by atomic mass is 10.0. The van der Waals surface area contributed by atoms with Gasteiger partial charge in [-0.25, -0.2) is 0 Å². The first kappa shape index (κ1) is 9.78. The Morgan fingerprint density at radius 3 is 2.54 bits per heavy atom. The lowest BCUT2D eigenvalue weighted by Crippen LogP contribution is -2.24. The van der Waals surface area contributed by atoms with Crippen LogP contribution in [0.15, 0.2) is 30.3 Å². The topological polar surface area (TPSA) is 29.1 Å². The fourth-order valence-corrected chi connectivity index (χ4v) is 1.20. The zero-order chi connectivity index (χ0) is 9.68. The molecule has 0 saturated heterocycles. The summed E-state index contributed by atoms with van der Waals surface area (Å²) < 4.78 is 0. The van der Waals surface area contributed by atoms with Gasteiger partial charge in [0, 0.05) is 13.5 Å². The highest BCUT2D eigenvalue weighted by atomic mass is 16.1. The molecule has 0 unspecified atom stereocenters. The molecule has 0 heterocycles. The third-order valence-corrected chi connectivity index (χ3v) is 2.03. The van der Waals surface area contributed by atoms with E-state index in [1.54, 1.807) is 0 Å². The second-order valence-corrected chi connectivity index (χ2v) is 3.25. The van der Waals surface area contributed by atoms with Crippen molar-refractivity contribution in [3.05, 3.63) is 35.9 Å². The summed E-state index contributed by atoms with van der Waals surface area (Å²) >= 11 is 0. The van der Waals surface area contributed by atoms with Crippen LogP contribution in [0, 0.1) is 0 Å². The van der Waals surface area contributed by atoms with E-state index in [2.05, 4.69) is 24.4 Å². The van der Waals surface area contributed by atoms with Crippen LogP contribution in [0.4, 0.5) is 0 Å². The van der Waals surface area contributed by atoms with Crippen LogP contribution in [-0.4, -0.2) is 12.5 Å². The second-order valence-electron chi connectivity index (χ2n) is 3.25. The Hall–Kier alpha value is -1.31. The van der Waals surface area contributed by atoms with E-state index in [1.807, 2.05) is 18.2 Å². The Labute approximate surface area is 79.0 Å². The van der Waals surface area contributed by atoms with Crippen molar-refractivity contribution >= 4 is 5.91 Å². The summed E-state index contributed by atoms with van der Waals surface area (Å²) in [6.07, 6.45) is 0. The molecule has 1 aromatic rings. The van der Waals surface area contributed by atoms with Crippen molar-refractivity contribution in [1.29, 1.82) is 0 Å². The predicted octanol–water partition coefficient (Wildman–Crippen LogP) is 1.93. The molecule has 13 heavy (non-hydrogen) atoms. The minimum atomic E-state index is 0.0304. The van der Waals surface area contributed by atoms with E-state index in [0.717, 1.165) is 0 Å². The Morgan fingerprint density at radius 2 is 2.00 bits per heavy atom. The molecule has 0 saturated carbocycles. The highest BCUT2D eigenvalue weighted by molar-refractivity contribution is 5.72. The van der Waals surface area contributed by atoms with E-state index in [0.29, 0.717) is 12.5 Å². The molecule has 0 bridgehead atoms. The molecular formula is C11H15NO. The van der Waals surface area contributed by atoms with Crippen LogP contribution < -0.4 is 5.32 Å². The van der Waals surface area contributed by atoms with Crippen molar-refractivity contribution in [3.63, 3.8) is 0 Å². The minimum absolute atomic E-state index is 0.0304. The average Bonchev–Trinajstić information content (AvgIpc) is 2.15. The summed E-state index contributed by atoms with van der Waals surface area (Å²) in [7, 11) is 0. The number of benzene rings is 1. The van der Waals surface area contributed by atoms with Gasteiger partial charge < -0.3 is 5.32 Å². The third kappa shape index (κ3) is 3.28. The minimum Gasteiger partial charge on any atom is -0.356 e. The van der Waals surface area contributed by atoms with Crippen molar-refractivity contribution in [2.75, 3.05) is 6.54 Å². The van der Waals surface area contributed by atoms with E-state index in [4.69, 9.17) is 0 Å².